The molecule has 0 heterocycles. The Morgan fingerprint density at radius 3 is 2.71 bits per heavy atom. The molecule has 0 bridgehead atoms. The van der Waals surface area contributed by atoms with Gasteiger partial charge in [-0.2, -0.15) is 0 Å². The van der Waals surface area contributed by atoms with Gasteiger partial charge in [-0.3, -0.25) is 4.79 Å². The smallest absolute Gasteiger partial charge is 0.303 e. The van der Waals surface area contributed by atoms with Gasteiger partial charge in [0.15, 0.2) is 0 Å². The fraction of sp³-hybridized carbons (Fsp3) is 0.621. The monoisotopic (exact) mass is 492 g/mol. The predicted octanol–water partition coefficient (Wildman–Crippen LogP) is 6.98. The number of allylic oxidation sites excluding steroid dienone is 2. The predicted molar refractivity (Wildman–Crippen MR) is 143 cm³/mol. The zero-order valence-electron chi connectivity index (χ0n) is 21.1. The molecule has 2 N–H and O–H groups in total. The topological polar surface area (TPSA) is 66.8 Å². The van der Waals surface area contributed by atoms with E-state index in [9.17, 15) is 9.90 Å². The number of benzene rings is 1. The molecule has 0 aromatic heterocycles. The van der Waals surface area contributed by atoms with Crippen LogP contribution in [0.1, 0.15) is 76.3 Å². The minimum atomic E-state index is -0.708. The van der Waals surface area contributed by atoms with E-state index in [0.717, 1.165) is 63.2 Å². The number of aliphatic carboxylic acids is 1. The second-order valence-electron chi connectivity index (χ2n) is 9.27. The summed E-state index contributed by atoms with van der Waals surface area (Å²) in [7, 11) is 0. The Morgan fingerprint density at radius 2 is 2.03 bits per heavy atom. The van der Waals surface area contributed by atoms with Crippen LogP contribution in [0.3, 0.4) is 0 Å². The summed E-state index contributed by atoms with van der Waals surface area (Å²) in [6.45, 7) is 9.57. The number of aliphatic hydroxyl groups excluding tert-OH is 1. The van der Waals surface area contributed by atoms with Crippen LogP contribution in [0.15, 0.2) is 49.1 Å². The van der Waals surface area contributed by atoms with E-state index in [1.807, 2.05) is 12.1 Å². The van der Waals surface area contributed by atoms with E-state index >= 15 is 0 Å². The molecule has 34 heavy (non-hydrogen) atoms. The summed E-state index contributed by atoms with van der Waals surface area (Å²) in [6, 6.07) is 8.28. The summed E-state index contributed by atoms with van der Waals surface area (Å²) in [5, 5.41) is 18.3. The maximum atomic E-state index is 10.3. The molecule has 192 valence electrons. The van der Waals surface area contributed by atoms with Gasteiger partial charge in [0, 0.05) is 24.8 Å². The number of carboxylic acid groups (broad SMARTS) is 1. The van der Waals surface area contributed by atoms with Crippen molar-refractivity contribution in [2.24, 2.45) is 11.8 Å². The lowest BCUT2D eigenvalue weighted by Gasteiger charge is -2.32. The molecule has 2 rings (SSSR count). The van der Waals surface area contributed by atoms with E-state index in [1.54, 1.807) is 6.08 Å². The highest BCUT2D eigenvalue weighted by Crippen LogP contribution is 2.35. The zero-order chi connectivity index (χ0) is 25.2. The molecule has 1 aromatic rings. The number of hydrogen-bond acceptors (Lipinski definition) is 3. The molecule has 1 aliphatic rings. The maximum absolute atomic E-state index is 10.3. The summed E-state index contributed by atoms with van der Waals surface area (Å²) in [5.41, 5.74) is 2.40. The van der Waals surface area contributed by atoms with Crippen molar-refractivity contribution >= 4 is 17.6 Å². The number of rotatable bonds is 14. The van der Waals surface area contributed by atoms with E-state index < -0.39 is 12.1 Å². The Bertz CT molecular complexity index is 708. The number of hydrogen-bond donors (Lipinski definition) is 2. The highest BCUT2D eigenvalue weighted by molar-refractivity contribution is 6.20. The number of alkyl halides is 1. The van der Waals surface area contributed by atoms with E-state index in [2.05, 4.69) is 44.7 Å². The van der Waals surface area contributed by atoms with Gasteiger partial charge in [-0.05, 0) is 61.5 Å². The third kappa shape index (κ3) is 13.9. The largest absolute Gasteiger partial charge is 0.481 e. The van der Waals surface area contributed by atoms with E-state index in [0.29, 0.717) is 17.7 Å². The molecular formula is C29H45ClO4. The van der Waals surface area contributed by atoms with Gasteiger partial charge in [0.1, 0.15) is 0 Å². The van der Waals surface area contributed by atoms with Gasteiger partial charge >= 0.3 is 5.97 Å². The van der Waals surface area contributed by atoms with Crippen molar-refractivity contribution in [2.75, 3.05) is 13.2 Å². The van der Waals surface area contributed by atoms with Crippen molar-refractivity contribution in [2.45, 2.75) is 89.5 Å². The quantitative estimate of drug-likeness (QED) is 0.167. The first-order valence-electron chi connectivity index (χ1n) is 12.8. The van der Waals surface area contributed by atoms with Gasteiger partial charge in [0.25, 0.3) is 0 Å². The SMILES string of the molecule is C=CC(O)Cc1cccc(CCOCCC)c1.CC1CCCC(Cl)[C@@H]1C/C=C\CCCC(=O)O. The second-order valence-corrected chi connectivity index (χ2v) is 9.83. The van der Waals surface area contributed by atoms with Gasteiger partial charge in [-0.15, -0.1) is 18.2 Å². The summed E-state index contributed by atoms with van der Waals surface area (Å²) in [4.78, 5) is 10.3. The number of carboxylic acids is 1. The fourth-order valence-electron chi connectivity index (χ4n) is 4.22. The molecule has 0 aliphatic heterocycles. The molecule has 0 spiro atoms. The van der Waals surface area contributed by atoms with Crippen molar-refractivity contribution in [3.63, 3.8) is 0 Å². The van der Waals surface area contributed by atoms with Crippen molar-refractivity contribution in [1.82, 2.24) is 0 Å². The van der Waals surface area contributed by atoms with E-state index in [1.165, 1.54) is 18.4 Å². The van der Waals surface area contributed by atoms with Crippen molar-refractivity contribution < 1.29 is 19.7 Å². The Balaban J connectivity index is 0.000000340. The second kappa shape index (κ2) is 18.7. The van der Waals surface area contributed by atoms with Gasteiger partial charge in [0.2, 0.25) is 0 Å². The first-order chi connectivity index (χ1) is 16.4. The summed E-state index contributed by atoms with van der Waals surface area (Å²) >= 11 is 6.35. The van der Waals surface area contributed by atoms with Crippen molar-refractivity contribution in [1.29, 1.82) is 0 Å². The van der Waals surface area contributed by atoms with E-state index in [-0.39, 0.29) is 6.42 Å². The average molecular weight is 493 g/mol. The maximum Gasteiger partial charge on any atom is 0.303 e. The Labute approximate surface area is 212 Å². The molecule has 0 amide bonds. The van der Waals surface area contributed by atoms with E-state index in [4.69, 9.17) is 21.4 Å². The molecule has 1 saturated carbocycles. The van der Waals surface area contributed by atoms with Crippen LogP contribution in [-0.4, -0.2) is 40.9 Å². The highest BCUT2D eigenvalue weighted by atomic mass is 35.5. The van der Waals surface area contributed by atoms with Crippen LogP contribution < -0.4 is 0 Å². The normalized spacial score (nSPS) is 21.0. The summed E-state index contributed by atoms with van der Waals surface area (Å²) in [5.74, 6) is 0.608. The molecule has 1 fully saturated rings. The first kappa shape index (κ1) is 30.4. The van der Waals surface area contributed by atoms with Crippen LogP contribution in [0.4, 0.5) is 0 Å². The van der Waals surface area contributed by atoms with Crippen LogP contribution in [-0.2, 0) is 22.4 Å². The van der Waals surface area contributed by atoms with Crippen LogP contribution in [0.25, 0.3) is 0 Å². The third-order valence-electron chi connectivity index (χ3n) is 6.26. The molecule has 4 nitrogen and oxygen atoms in total. The fourth-order valence-corrected chi connectivity index (χ4v) is 4.72. The molecule has 1 aromatic carbocycles. The standard InChI is InChI=1S/C15H22O2.C14H23ClO2/c1-3-9-17-10-8-13-6-5-7-14(11-13)12-15(16)4-2;1-11-7-6-9-13(15)12(11)8-4-2-3-5-10-14(16)17/h4-7,11,15-16H,2-3,8-10,12H2,1H3;2,4,11-13H,3,5-10H2,1H3,(H,16,17)/b;4-2-/t;11?,12-,13?/m.1/s1. The molecule has 0 radical (unpaired) electrons. The molecular weight excluding hydrogens is 448 g/mol. The molecule has 3 unspecified atom stereocenters. The number of ether oxygens (including phenoxy) is 1. The van der Waals surface area contributed by atoms with Crippen LogP contribution >= 0.6 is 11.6 Å². The molecule has 5 heteroatoms. The lowest BCUT2D eigenvalue weighted by molar-refractivity contribution is -0.137. The molecule has 1 aliphatic carbocycles. The highest BCUT2D eigenvalue weighted by Gasteiger charge is 2.27. The lowest BCUT2D eigenvalue weighted by atomic mass is 9.78. The van der Waals surface area contributed by atoms with Crippen LogP contribution in [0.5, 0.6) is 0 Å². The zero-order valence-corrected chi connectivity index (χ0v) is 21.9. The van der Waals surface area contributed by atoms with Gasteiger partial charge < -0.3 is 14.9 Å². The van der Waals surface area contributed by atoms with Gasteiger partial charge in [0.05, 0.1) is 12.7 Å². The third-order valence-corrected chi connectivity index (χ3v) is 6.80. The number of halogens is 1. The van der Waals surface area contributed by atoms with Crippen molar-refractivity contribution in [3.05, 3.63) is 60.2 Å². The summed E-state index contributed by atoms with van der Waals surface area (Å²) in [6.07, 6.45) is 14.6. The van der Waals surface area contributed by atoms with Gasteiger partial charge in [-0.1, -0.05) is 69.2 Å². The Kier molecular flexibility index (Phi) is 16.7. The van der Waals surface area contributed by atoms with Crippen molar-refractivity contribution in [3.8, 4) is 0 Å². The first-order valence-corrected chi connectivity index (χ1v) is 13.3. The average Bonchev–Trinajstić information content (AvgIpc) is 2.81. The Hall–Kier alpha value is -1.62. The van der Waals surface area contributed by atoms with Gasteiger partial charge in [-0.25, -0.2) is 0 Å². The molecule has 4 atom stereocenters. The minimum absolute atomic E-state index is 0.266. The minimum Gasteiger partial charge on any atom is -0.481 e. The number of carbonyl (C=O) groups is 1. The number of unbranched alkanes of at least 4 members (excludes halogenated alkanes) is 1. The van der Waals surface area contributed by atoms with Crippen LogP contribution in [0.2, 0.25) is 0 Å². The number of aliphatic hydroxyl groups is 1. The molecule has 0 saturated heterocycles. The van der Waals surface area contributed by atoms with Crippen LogP contribution in [0, 0.1) is 11.8 Å². The Morgan fingerprint density at radius 1 is 1.26 bits per heavy atom. The lowest BCUT2D eigenvalue weighted by Crippen LogP contribution is -2.26. The summed E-state index contributed by atoms with van der Waals surface area (Å²) < 4.78 is 5.46.